The van der Waals surface area contributed by atoms with Crippen molar-refractivity contribution in [3.63, 3.8) is 0 Å². The summed E-state index contributed by atoms with van der Waals surface area (Å²) in [6, 6.07) is 14.3. The molecule has 0 bridgehead atoms. The quantitative estimate of drug-likeness (QED) is 0.593. The second-order valence-electron chi connectivity index (χ2n) is 5.82. The summed E-state index contributed by atoms with van der Waals surface area (Å²) < 4.78 is 30.6. The van der Waals surface area contributed by atoms with Crippen molar-refractivity contribution in [2.45, 2.75) is 13.0 Å². The van der Waals surface area contributed by atoms with E-state index in [9.17, 15) is 8.78 Å². The van der Waals surface area contributed by atoms with Gasteiger partial charge in [-0.05, 0) is 18.7 Å². The van der Waals surface area contributed by atoms with Crippen molar-refractivity contribution in [3.8, 4) is 0 Å². The zero-order valence-corrected chi connectivity index (χ0v) is 13.5. The SMILES string of the molecule is CN(C/C=C/c1ccc(C(F)F)cc1)Cc1coc2ccccc12. The Morgan fingerprint density at radius 2 is 1.83 bits per heavy atom. The first-order chi connectivity index (χ1) is 11.6. The molecule has 0 saturated heterocycles. The molecule has 0 spiro atoms. The second-order valence-corrected chi connectivity index (χ2v) is 5.82. The van der Waals surface area contributed by atoms with E-state index in [1.165, 1.54) is 12.1 Å². The maximum Gasteiger partial charge on any atom is 0.263 e. The van der Waals surface area contributed by atoms with Crippen molar-refractivity contribution in [3.05, 3.63) is 77.6 Å². The number of benzene rings is 2. The van der Waals surface area contributed by atoms with Crippen LogP contribution in [0.5, 0.6) is 0 Å². The van der Waals surface area contributed by atoms with E-state index < -0.39 is 6.43 Å². The van der Waals surface area contributed by atoms with E-state index in [0.717, 1.165) is 35.2 Å². The molecule has 0 amide bonds. The highest BCUT2D eigenvalue weighted by Crippen LogP contribution is 2.22. The molecule has 0 aliphatic carbocycles. The minimum absolute atomic E-state index is 0.0519. The Morgan fingerprint density at radius 1 is 1.08 bits per heavy atom. The molecule has 3 rings (SSSR count). The molecule has 124 valence electrons. The minimum atomic E-state index is -2.42. The van der Waals surface area contributed by atoms with E-state index >= 15 is 0 Å². The first kappa shape index (κ1) is 16.4. The third-order valence-corrected chi connectivity index (χ3v) is 3.92. The summed E-state index contributed by atoms with van der Waals surface area (Å²) >= 11 is 0. The second kappa shape index (κ2) is 7.41. The lowest BCUT2D eigenvalue weighted by molar-refractivity contribution is 0.151. The topological polar surface area (TPSA) is 16.4 Å². The number of nitrogens with zero attached hydrogens (tertiary/aromatic N) is 1. The van der Waals surface area contributed by atoms with Gasteiger partial charge >= 0.3 is 0 Å². The molecule has 0 radical (unpaired) electrons. The summed E-state index contributed by atoms with van der Waals surface area (Å²) in [6.45, 7) is 1.54. The average Bonchev–Trinajstić information content (AvgIpc) is 2.98. The van der Waals surface area contributed by atoms with Gasteiger partial charge in [-0.25, -0.2) is 8.78 Å². The predicted octanol–water partition coefficient (Wildman–Crippen LogP) is 5.52. The molecule has 0 saturated carbocycles. The third kappa shape index (κ3) is 3.89. The molecule has 0 atom stereocenters. The van der Waals surface area contributed by atoms with Crippen molar-refractivity contribution >= 4 is 17.0 Å². The molecule has 3 aromatic rings. The molecule has 0 fully saturated rings. The van der Waals surface area contributed by atoms with Crippen LogP contribution in [0.15, 0.2) is 65.3 Å². The van der Waals surface area contributed by atoms with Gasteiger partial charge in [-0.2, -0.15) is 0 Å². The smallest absolute Gasteiger partial charge is 0.263 e. The Bertz CT molecular complexity index is 821. The van der Waals surface area contributed by atoms with Crippen molar-refractivity contribution < 1.29 is 13.2 Å². The zero-order chi connectivity index (χ0) is 16.9. The van der Waals surface area contributed by atoms with Crippen LogP contribution in [0.2, 0.25) is 0 Å². The van der Waals surface area contributed by atoms with Gasteiger partial charge in [-0.15, -0.1) is 0 Å². The maximum absolute atomic E-state index is 12.5. The van der Waals surface area contributed by atoms with Gasteiger partial charge < -0.3 is 4.42 Å². The number of rotatable bonds is 6. The fourth-order valence-electron chi connectivity index (χ4n) is 2.63. The van der Waals surface area contributed by atoms with Gasteiger partial charge in [0.1, 0.15) is 5.58 Å². The largest absolute Gasteiger partial charge is 0.464 e. The highest BCUT2D eigenvalue weighted by molar-refractivity contribution is 5.80. The van der Waals surface area contributed by atoms with Crippen molar-refractivity contribution in [2.24, 2.45) is 0 Å². The monoisotopic (exact) mass is 327 g/mol. The fraction of sp³-hybridized carbons (Fsp3) is 0.200. The Balaban J connectivity index is 1.58. The normalized spacial score (nSPS) is 12.0. The number of para-hydroxylation sites is 1. The molecule has 2 aromatic carbocycles. The van der Waals surface area contributed by atoms with Gasteiger partial charge in [0.05, 0.1) is 6.26 Å². The molecule has 0 aliphatic rings. The molecule has 0 unspecified atom stereocenters. The lowest BCUT2D eigenvalue weighted by Gasteiger charge is -2.13. The van der Waals surface area contributed by atoms with Crippen LogP contribution in [0.1, 0.15) is 23.1 Å². The molecule has 0 aliphatic heterocycles. The minimum Gasteiger partial charge on any atom is -0.464 e. The third-order valence-electron chi connectivity index (χ3n) is 3.92. The Labute approximate surface area is 140 Å². The number of halogens is 2. The fourth-order valence-corrected chi connectivity index (χ4v) is 2.63. The molecular formula is C20H19F2NO. The number of likely N-dealkylation sites (N-methyl/N-ethyl adjacent to an activating group) is 1. The lowest BCUT2D eigenvalue weighted by atomic mass is 10.1. The van der Waals surface area contributed by atoms with Crippen LogP contribution in [-0.4, -0.2) is 18.5 Å². The van der Waals surface area contributed by atoms with Crippen LogP contribution >= 0.6 is 0 Å². The van der Waals surface area contributed by atoms with Crippen molar-refractivity contribution in [1.29, 1.82) is 0 Å². The van der Waals surface area contributed by atoms with E-state index in [4.69, 9.17) is 4.42 Å². The summed E-state index contributed by atoms with van der Waals surface area (Å²) in [4.78, 5) is 2.17. The zero-order valence-electron chi connectivity index (χ0n) is 13.5. The molecule has 1 aromatic heterocycles. The lowest BCUT2D eigenvalue weighted by Crippen LogP contribution is -2.17. The average molecular weight is 327 g/mol. The molecular weight excluding hydrogens is 308 g/mol. The summed E-state index contributed by atoms with van der Waals surface area (Å²) in [7, 11) is 2.03. The van der Waals surface area contributed by atoms with Crippen LogP contribution in [0.3, 0.4) is 0 Å². The van der Waals surface area contributed by atoms with Gasteiger partial charge in [-0.3, -0.25) is 4.90 Å². The van der Waals surface area contributed by atoms with E-state index in [-0.39, 0.29) is 5.56 Å². The van der Waals surface area contributed by atoms with E-state index in [2.05, 4.69) is 11.0 Å². The highest BCUT2D eigenvalue weighted by atomic mass is 19.3. The van der Waals surface area contributed by atoms with Gasteiger partial charge in [0.25, 0.3) is 6.43 Å². The Kier molecular flexibility index (Phi) is 5.06. The molecule has 1 heterocycles. The van der Waals surface area contributed by atoms with Crippen LogP contribution in [-0.2, 0) is 6.54 Å². The van der Waals surface area contributed by atoms with Gasteiger partial charge in [-0.1, -0.05) is 54.6 Å². The number of alkyl halides is 2. The molecule has 2 nitrogen and oxygen atoms in total. The van der Waals surface area contributed by atoms with Crippen molar-refractivity contribution in [2.75, 3.05) is 13.6 Å². The number of fused-ring (bicyclic) bond motifs is 1. The van der Waals surface area contributed by atoms with E-state index in [1.807, 2.05) is 37.4 Å². The van der Waals surface area contributed by atoms with Crippen LogP contribution in [0.25, 0.3) is 17.0 Å². The van der Waals surface area contributed by atoms with Crippen LogP contribution in [0.4, 0.5) is 8.78 Å². The molecule has 4 heteroatoms. The molecule has 24 heavy (non-hydrogen) atoms. The number of hydrogen-bond acceptors (Lipinski definition) is 2. The summed E-state index contributed by atoms with van der Waals surface area (Å²) in [5.74, 6) is 0. The summed E-state index contributed by atoms with van der Waals surface area (Å²) in [5, 5.41) is 1.14. The van der Waals surface area contributed by atoms with Crippen molar-refractivity contribution in [1.82, 2.24) is 4.90 Å². The number of hydrogen-bond donors (Lipinski definition) is 0. The van der Waals surface area contributed by atoms with Crippen LogP contribution < -0.4 is 0 Å². The maximum atomic E-state index is 12.5. The number of furan rings is 1. The first-order valence-corrected chi connectivity index (χ1v) is 7.82. The summed E-state index contributed by atoms with van der Waals surface area (Å²) in [6.07, 6.45) is 3.35. The van der Waals surface area contributed by atoms with E-state index in [0.29, 0.717) is 0 Å². The van der Waals surface area contributed by atoms with Gasteiger partial charge in [0.2, 0.25) is 0 Å². The predicted molar refractivity (Wildman–Crippen MR) is 93.0 cm³/mol. The van der Waals surface area contributed by atoms with Crippen LogP contribution in [0, 0.1) is 0 Å². The standard InChI is InChI=1S/C20H19F2NO/c1-23(13-17-14-24-19-7-3-2-6-18(17)19)12-4-5-15-8-10-16(11-9-15)20(21)22/h2-11,14,20H,12-13H2,1H3/b5-4+. The summed E-state index contributed by atoms with van der Waals surface area (Å²) in [5.41, 5.74) is 3.02. The highest BCUT2D eigenvalue weighted by Gasteiger charge is 2.07. The first-order valence-electron chi connectivity index (χ1n) is 7.82. The Hall–Kier alpha value is -2.46. The van der Waals surface area contributed by atoms with Gasteiger partial charge in [0, 0.05) is 29.6 Å². The van der Waals surface area contributed by atoms with E-state index in [1.54, 1.807) is 18.4 Å². The molecule has 0 N–H and O–H groups in total. The van der Waals surface area contributed by atoms with Gasteiger partial charge in [0.15, 0.2) is 0 Å². The Morgan fingerprint density at radius 3 is 2.58 bits per heavy atom.